The number of hydrogen-bond acceptors (Lipinski definition) is 3. The number of hydrogen-bond donors (Lipinski definition) is 1. The predicted molar refractivity (Wildman–Crippen MR) is 80.6 cm³/mol. The van der Waals surface area contributed by atoms with Crippen molar-refractivity contribution in [3.8, 4) is 0 Å². The van der Waals surface area contributed by atoms with Crippen LogP contribution >= 0.6 is 11.8 Å². The first kappa shape index (κ1) is 14.2. The quantitative estimate of drug-likeness (QED) is 0.847. The van der Waals surface area contributed by atoms with Gasteiger partial charge in [-0.1, -0.05) is 12.8 Å². The minimum absolute atomic E-state index is 0.0408. The highest BCUT2D eigenvalue weighted by Gasteiger charge is 2.53. The Hall–Kier alpha value is -0.710. The van der Waals surface area contributed by atoms with E-state index in [1.54, 1.807) is 0 Å². The van der Waals surface area contributed by atoms with Crippen LogP contribution in [0.15, 0.2) is 0 Å². The monoisotopic (exact) mass is 296 g/mol. The second-order valence-corrected chi connectivity index (χ2v) is 7.63. The number of piperazine rings is 1. The van der Waals surface area contributed by atoms with E-state index in [1.807, 2.05) is 23.6 Å². The fraction of sp³-hybridized carbons (Fsp3) is 0.867. The predicted octanol–water partition coefficient (Wildman–Crippen LogP) is 1.93. The second-order valence-electron chi connectivity index (χ2n) is 6.49. The van der Waals surface area contributed by atoms with Gasteiger partial charge in [0.1, 0.15) is 11.6 Å². The van der Waals surface area contributed by atoms with Crippen LogP contribution in [0.1, 0.15) is 51.9 Å². The summed E-state index contributed by atoms with van der Waals surface area (Å²) in [5.74, 6) is 0.230. The van der Waals surface area contributed by atoms with Gasteiger partial charge in [0.25, 0.3) is 0 Å². The smallest absolute Gasteiger partial charge is 0.249 e. The summed E-state index contributed by atoms with van der Waals surface area (Å²) in [6, 6.07) is -0.0437. The maximum Gasteiger partial charge on any atom is 0.249 e. The number of rotatable bonds is 2. The van der Waals surface area contributed by atoms with Crippen molar-refractivity contribution in [2.45, 2.75) is 74.7 Å². The Labute approximate surface area is 125 Å². The number of nitrogens with zero attached hydrogens (tertiary/aromatic N) is 1. The van der Waals surface area contributed by atoms with Crippen molar-refractivity contribution in [3.63, 3.8) is 0 Å². The van der Waals surface area contributed by atoms with Crippen LogP contribution in [0, 0.1) is 0 Å². The van der Waals surface area contributed by atoms with Gasteiger partial charge in [0, 0.05) is 11.3 Å². The summed E-state index contributed by atoms with van der Waals surface area (Å²) in [6.45, 7) is 1.88. The normalized spacial score (nSPS) is 36.7. The summed E-state index contributed by atoms with van der Waals surface area (Å²) in [4.78, 5) is 27.2. The van der Waals surface area contributed by atoms with E-state index in [0.717, 1.165) is 44.9 Å². The van der Waals surface area contributed by atoms with Gasteiger partial charge in [0.2, 0.25) is 11.8 Å². The highest BCUT2D eigenvalue weighted by Crippen LogP contribution is 2.39. The number of carbonyl (C=O) groups excluding carboxylic acids is 2. The van der Waals surface area contributed by atoms with Gasteiger partial charge in [-0.2, -0.15) is 11.8 Å². The third-order valence-corrected chi connectivity index (χ3v) is 6.44. The van der Waals surface area contributed by atoms with Crippen LogP contribution in [-0.2, 0) is 9.59 Å². The van der Waals surface area contributed by atoms with E-state index >= 15 is 0 Å². The second kappa shape index (κ2) is 5.24. The van der Waals surface area contributed by atoms with E-state index in [0.29, 0.717) is 5.25 Å². The van der Waals surface area contributed by atoms with Crippen molar-refractivity contribution < 1.29 is 9.59 Å². The zero-order valence-electron chi connectivity index (χ0n) is 12.4. The Morgan fingerprint density at radius 1 is 1.25 bits per heavy atom. The lowest BCUT2D eigenvalue weighted by atomic mass is 9.89. The van der Waals surface area contributed by atoms with Gasteiger partial charge in [-0.05, 0) is 45.3 Å². The van der Waals surface area contributed by atoms with Gasteiger partial charge >= 0.3 is 0 Å². The Bertz CT molecular complexity index is 420. The van der Waals surface area contributed by atoms with Crippen molar-refractivity contribution in [1.29, 1.82) is 0 Å². The highest BCUT2D eigenvalue weighted by molar-refractivity contribution is 7.99. The molecule has 0 radical (unpaired) electrons. The number of nitrogens with one attached hydrogen (secondary N) is 1. The molecule has 1 saturated heterocycles. The van der Waals surface area contributed by atoms with Crippen LogP contribution in [0.25, 0.3) is 0 Å². The first-order chi connectivity index (χ1) is 9.57. The molecule has 0 aromatic heterocycles. The molecule has 2 aliphatic carbocycles. The molecule has 20 heavy (non-hydrogen) atoms. The van der Waals surface area contributed by atoms with E-state index in [2.05, 4.69) is 11.6 Å². The standard InChI is InChI=1S/C15H24N2O2S/c1-10-13(18)16-15(7-3-4-8-15)14(19)17(10)11-5-6-12(9-11)20-2/h10-12H,3-9H2,1-2H3,(H,16,18). The van der Waals surface area contributed by atoms with E-state index < -0.39 is 5.54 Å². The molecule has 3 atom stereocenters. The van der Waals surface area contributed by atoms with Crippen LogP contribution in [0.3, 0.4) is 0 Å². The third-order valence-electron chi connectivity index (χ3n) is 5.34. The summed E-state index contributed by atoms with van der Waals surface area (Å²) in [7, 11) is 0. The lowest BCUT2D eigenvalue weighted by Gasteiger charge is -2.46. The van der Waals surface area contributed by atoms with Crippen LogP contribution < -0.4 is 5.32 Å². The summed E-state index contributed by atoms with van der Waals surface area (Å²) < 4.78 is 0. The number of carbonyl (C=O) groups is 2. The molecule has 0 aromatic carbocycles. The Morgan fingerprint density at radius 3 is 2.55 bits per heavy atom. The maximum absolute atomic E-state index is 13.0. The molecule has 1 spiro atoms. The number of thioether (sulfide) groups is 1. The molecule has 0 bridgehead atoms. The molecule has 0 aromatic rings. The molecule has 1 heterocycles. The van der Waals surface area contributed by atoms with Crippen molar-refractivity contribution in [1.82, 2.24) is 10.2 Å². The van der Waals surface area contributed by atoms with Gasteiger partial charge in [0.05, 0.1) is 0 Å². The van der Waals surface area contributed by atoms with E-state index in [1.165, 1.54) is 0 Å². The molecular weight excluding hydrogens is 272 g/mol. The minimum atomic E-state index is -0.568. The average molecular weight is 296 g/mol. The summed E-state index contributed by atoms with van der Waals surface area (Å²) in [6.07, 6.45) is 9.12. The zero-order valence-corrected chi connectivity index (χ0v) is 13.2. The SMILES string of the molecule is CSC1CCC(N2C(=O)C3(CCCC3)NC(=O)C2C)C1. The van der Waals surface area contributed by atoms with Gasteiger partial charge in [-0.15, -0.1) is 0 Å². The molecule has 3 aliphatic rings. The van der Waals surface area contributed by atoms with Crippen molar-refractivity contribution in [2.75, 3.05) is 6.26 Å². The first-order valence-corrected chi connectivity index (χ1v) is 9.04. The maximum atomic E-state index is 13.0. The molecule has 3 fully saturated rings. The molecule has 1 aliphatic heterocycles. The molecule has 1 N–H and O–H groups in total. The fourth-order valence-electron chi connectivity index (χ4n) is 4.13. The summed E-state index contributed by atoms with van der Waals surface area (Å²) in [5.41, 5.74) is -0.568. The average Bonchev–Trinajstić information content (AvgIpc) is 3.07. The lowest BCUT2D eigenvalue weighted by Crippen LogP contribution is -2.70. The minimum Gasteiger partial charge on any atom is -0.340 e. The van der Waals surface area contributed by atoms with Gasteiger partial charge < -0.3 is 10.2 Å². The molecular formula is C15H24N2O2S. The van der Waals surface area contributed by atoms with Crippen LogP contribution in [0.4, 0.5) is 0 Å². The van der Waals surface area contributed by atoms with Gasteiger partial charge in [-0.3, -0.25) is 9.59 Å². The van der Waals surface area contributed by atoms with Gasteiger partial charge in [-0.25, -0.2) is 0 Å². The Morgan fingerprint density at radius 2 is 1.95 bits per heavy atom. The summed E-state index contributed by atoms with van der Waals surface area (Å²) >= 11 is 1.89. The number of amides is 2. The molecule has 2 amide bonds. The third kappa shape index (κ3) is 2.14. The molecule has 3 rings (SSSR count). The van der Waals surface area contributed by atoms with Crippen molar-refractivity contribution in [2.24, 2.45) is 0 Å². The van der Waals surface area contributed by atoms with E-state index in [9.17, 15) is 9.59 Å². The highest BCUT2D eigenvalue weighted by atomic mass is 32.2. The van der Waals surface area contributed by atoms with E-state index in [4.69, 9.17) is 0 Å². The first-order valence-electron chi connectivity index (χ1n) is 7.75. The summed E-state index contributed by atoms with van der Waals surface area (Å²) in [5, 5.41) is 3.68. The Balaban J connectivity index is 1.84. The van der Waals surface area contributed by atoms with Crippen LogP contribution in [-0.4, -0.2) is 45.8 Å². The zero-order chi connectivity index (χ0) is 14.3. The lowest BCUT2D eigenvalue weighted by molar-refractivity contribution is -0.156. The van der Waals surface area contributed by atoms with Crippen molar-refractivity contribution >= 4 is 23.6 Å². The van der Waals surface area contributed by atoms with E-state index in [-0.39, 0.29) is 23.9 Å². The van der Waals surface area contributed by atoms with Crippen LogP contribution in [0.5, 0.6) is 0 Å². The Kier molecular flexibility index (Phi) is 3.73. The fourth-order valence-corrected chi connectivity index (χ4v) is 4.91. The molecule has 3 unspecified atom stereocenters. The van der Waals surface area contributed by atoms with Crippen LogP contribution in [0.2, 0.25) is 0 Å². The largest absolute Gasteiger partial charge is 0.340 e. The topological polar surface area (TPSA) is 49.4 Å². The molecule has 5 heteroatoms. The van der Waals surface area contributed by atoms with Gasteiger partial charge in [0.15, 0.2) is 0 Å². The molecule has 2 saturated carbocycles. The van der Waals surface area contributed by atoms with Crippen molar-refractivity contribution in [3.05, 3.63) is 0 Å². The molecule has 4 nitrogen and oxygen atoms in total. The molecule has 112 valence electrons.